The largest absolute Gasteiger partial charge is 0.367 e. The van der Waals surface area contributed by atoms with Crippen LogP contribution in [0, 0.1) is 0 Å². The maximum Gasteiger partial charge on any atom is 0.262 e. The summed E-state index contributed by atoms with van der Waals surface area (Å²) in [6.45, 7) is -0.155. The van der Waals surface area contributed by atoms with Gasteiger partial charge in [-0.25, -0.2) is 0 Å². The Labute approximate surface area is 99.2 Å². The molecule has 0 aromatic heterocycles. The van der Waals surface area contributed by atoms with Gasteiger partial charge >= 0.3 is 0 Å². The highest BCUT2D eigenvalue weighted by atomic mass is 16.5. The van der Waals surface area contributed by atoms with Gasteiger partial charge in [-0.3, -0.25) is 9.59 Å². The maximum absolute atomic E-state index is 11.4. The molecule has 0 aliphatic carbocycles. The Kier molecular flexibility index (Phi) is 5.99. The van der Waals surface area contributed by atoms with Gasteiger partial charge in [0.15, 0.2) is 0 Å². The van der Waals surface area contributed by atoms with Crippen LogP contribution in [0.2, 0.25) is 0 Å². The van der Waals surface area contributed by atoms with Crippen molar-refractivity contribution in [1.29, 1.82) is 0 Å². The molecule has 17 heavy (non-hydrogen) atoms. The summed E-state index contributed by atoms with van der Waals surface area (Å²) in [7, 11) is 3.02. The Morgan fingerprint density at radius 1 is 1.18 bits per heavy atom. The van der Waals surface area contributed by atoms with Gasteiger partial charge in [0.2, 0.25) is 0 Å². The number of nitrogens with two attached hydrogens (primary N) is 4. The molecular formula is C8H20N6O3. The van der Waals surface area contributed by atoms with Gasteiger partial charge in [0.25, 0.3) is 17.4 Å². The summed E-state index contributed by atoms with van der Waals surface area (Å²) in [6.07, 6.45) is -1.75. The van der Waals surface area contributed by atoms with Crippen LogP contribution in [-0.2, 0) is 14.3 Å². The van der Waals surface area contributed by atoms with Gasteiger partial charge in [0.05, 0.1) is 12.8 Å². The molecule has 0 rings (SSSR count). The molecule has 0 saturated carbocycles. The van der Waals surface area contributed by atoms with Crippen molar-refractivity contribution in [3.05, 3.63) is 0 Å². The number of ether oxygens (including phenoxy) is 1. The summed E-state index contributed by atoms with van der Waals surface area (Å²) in [6, 6.07) is 0. The second kappa shape index (κ2) is 6.47. The van der Waals surface area contributed by atoms with E-state index in [0.717, 1.165) is 0 Å². The number of nitrogens with one attached hydrogen (secondary N) is 2. The third-order valence-corrected chi connectivity index (χ3v) is 2.34. The van der Waals surface area contributed by atoms with E-state index in [1.54, 1.807) is 7.05 Å². The normalized spacial score (nSPS) is 15.3. The zero-order valence-corrected chi connectivity index (χ0v) is 9.90. The van der Waals surface area contributed by atoms with Gasteiger partial charge in [-0.05, 0) is 14.1 Å². The second-order valence-electron chi connectivity index (χ2n) is 3.44. The lowest BCUT2D eigenvalue weighted by atomic mass is 9.98. The number of primary amides is 2. The van der Waals surface area contributed by atoms with Gasteiger partial charge in [-0.15, -0.1) is 0 Å². The van der Waals surface area contributed by atoms with Crippen LogP contribution in [0.25, 0.3) is 0 Å². The molecule has 0 heterocycles. The molecule has 9 nitrogen and oxygen atoms in total. The lowest BCUT2D eigenvalue weighted by Crippen LogP contribution is -2.70. The van der Waals surface area contributed by atoms with Gasteiger partial charge in [-0.1, -0.05) is 0 Å². The van der Waals surface area contributed by atoms with Crippen molar-refractivity contribution in [2.45, 2.75) is 17.9 Å². The van der Waals surface area contributed by atoms with Gasteiger partial charge < -0.3 is 38.3 Å². The first-order valence-corrected chi connectivity index (χ1v) is 4.92. The van der Waals surface area contributed by atoms with E-state index in [1.807, 2.05) is 0 Å². The SMILES string of the molecule is CNC(N)COC(C(N)=O)(C(N)=O)C(N)NC. The van der Waals surface area contributed by atoms with Crippen LogP contribution in [0.15, 0.2) is 0 Å². The van der Waals surface area contributed by atoms with E-state index in [0.29, 0.717) is 0 Å². The number of carbonyl (C=O) groups is 2. The quantitative estimate of drug-likeness (QED) is 0.186. The van der Waals surface area contributed by atoms with E-state index in [4.69, 9.17) is 27.7 Å². The van der Waals surface area contributed by atoms with Crippen LogP contribution in [-0.4, -0.2) is 50.4 Å². The molecule has 2 atom stereocenters. The van der Waals surface area contributed by atoms with Crippen LogP contribution in [0.1, 0.15) is 0 Å². The molecule has 0 aromatic carbocycles. The number of carbonyl (C=O) groups excluding carboxylic acids is 2. The Hall–Kier alpha value is -1.26. The van der Waals surface area contributed by atoms with Crippen LogP contribution < -0.4 is 33.6 Å². The maximum atomic E-state index is 11.4. The fraction of sp³-hybridized carbons (Fsp3) is 0.750. The Morgan fingerprint density at radius 2 is 1.65 bits per heavy atom. The predicted molar refractivity (Wildman–Crippen MR) is 61.1 cm³/mol. The van der Waals surface area contributed by atoms with E-state index in [2.05, 4.69) is 10.6 Å². The van der Waals surface area contributed by atoms with Gasteiger partial charge in [0, 0.05) is 0 Å². The molecule has 2 amide bonds. The van der Waals surface area contributed by atoms with E-state index in [1.165, 1.54) is 7.05 Å². The van der Waals surface area contributed by atoms with Crippen molar-refractivity contribution in [2.24, 2.45) is 22.9 Å². The summed E-state index contributed by atoms with van der Waals surface area (Å²) >= 11 is 0. The number of hydrogen-bond acceptors (Lipinski definition) is 7. The molecule has 10 N–H and O–H groups in total. The highest BCUT2D eigenvalue weighted by Gasteiger charge is 2.50. The Morgan fingerprint density at radius 3 is 1.94 bits per heavy atom. The van der Waals surface area contributed by atoms with Crippen molar-refractivity contribution < 1.29 is 14.3 Å². The predicted octanol–water partition coefficient (Wildman–Crippen LogP) is -4.28. The summed E-state index contributed by atoms with van der Waals surface area (Å²) in [5.74, 6) is -2.15. The third-order valence-electron chi connectivity index (χ3n) is 2.34. The zero-order valence-electron chi connectivity index (χ0n) is 9.90. The van der Waals surface area contributed by atoms with Crippen molar-refractivity contribution in [2.75, 3.05) is 20.7 Å². The summed E-state index contributed by atoms with van der Waals surface area (Å²) in [4.78, 5) is 22.8. The van der Waals surface area contributed by atoms with Gasteiger partial charge in [-0.2, -0.15) is 0 Å². The molecule has 0 bridgehead atoms. The van der Waals surface area contributed by atoms with Crippen LogP contribution in [0.4, 0.5) is 0 Å². The number of likely N-dealkylation sites (N-methyl/N-ethyl adjacent to an activating group) is 2. The van der Waals surface area contributed by atoms with Crippen LogP contribution in [0.3, 0.4) is 0 Å². The minimum atomic E-state index is -2.14. The topological polar surface area (TPSA) is 172 Å². The molecular weight excluding hydrogens is 228 g/mol. The van der Waals surface area contributed by atoms with E-state index >= 15 is 0 Å². The number of rotatable bonds is 8. The Balaban J connectivity index is 5.06. The lowest BCUT2D eigenvalue weighted by molar-refractivity contribution is -0.162. The third kappa shape index (κ3) is 3.35. The molecule has 0 aliphatic rings. The molecule has 2 unspecified atom stereocenters. The average Bonchev–Trinajstić information content (AvgIpc) is 2.27. The van der Waals surface area contributed by atoms with E-state index in [-0.39, 0.29) is 6.61 Å². The molecule has 0 fully saturated rings. The first-order chi connectivity index (χ1) is 7.82. The molecule has 9 heteroatoms. The standard InChI is InChI=1S/C8H20N6O3/c1-13-4(9)3-17-8(6(11)15,7(12)16)5(10)14-2/h4-5,13-14H,3,9-10H2,1-2H3,(H2,11,15)(H2,12,16). The Bertz CT molecular complexity index is 270. The summed E-state index contributed by atoms with van der Waals surface area (Å²) in [5, 5.41) is 5.16. The summed E-state index contributed by atoms with van der Waals surface area (Å²) in [5.41, 5.74) is 19.2. The summed E-state index contributed by atoms with van der Waals surface area (Å²) < 4.78 is 5.13. The first-order valence-electron chi connectivity index (χ1n) is 4.92. The molecule has 0 saturated heterocycles. The minimum absolute atomic E-state index is 0.155. The monoisotopic (exact) mass is 248 g/mol. The van der Waals surface area contributed by atoms with E-state index in [9.17, 15) is 9.59 Å². The molecule has 0 aliphatic heterocycles. The van der Waals surface area contributed by atoms with Crippen molar-refractivity contribution in [3.8, 4) is 0 Å². The molecule has 0 aromatic rings. The van der Waals surface area contributed by atoms with Gasteiger partial charge in [0.1, 0.15) is 6.17 Å². The molecule has 0 spiro atoms. The lowest BCUT2D eigenvalue weighted by Gasteiger charge is -2.33. The highest BCUT2D eigenvalue weighted by Crippen LogP contribution is 2.13. The van der Waals surface area contributed by atoms with Crippen molar-refractivity contribution in [1.82, 2.24) is 10.6 Å². The van der Waals surface area contributed by atoms with E-state index < -0.39 is 29.7 Å². The highest BCUT2D eigenvalue weighted by molar-refractivity contribution is 6.08. The van der Waals surface area contributed by atoms with Crippen molar-refractivity contribution >= 4 is 11.8 Å². The molecule has 0 radical (unpaired) electrons. The average molecular weight is 248 g/mol. The van der Waals surface area contributed by atoms with Crippen LogP contribution in [0.5, 0.6) is 0 Å². The fourth-order valence-corrected chi connectivity index (χ4v) is 1.17. The zero-order chi connectivity index (χ0) is 13.6. The number of amides is 2. The number of hydrogen-bond donors (Lipinski definition) is 6. The fourth-order valence-electron chi connectivity index (χ4n) is 1.17. The van der Waals surface area contributed by atoms with Crippen molar-refractivity contribution in [3.63, 3.8) is 0 Å². The molecule has 100 valence electrons. The van der Waals surface area contributed by atoms with Crippen LogP contribution >= 0.6 is 0 Å². The first kappa shape index (κ1) is 15.7. The minimum Gasteiger partial charge on any atom is -0.367 e. The second-order valence-corrected chi connectivity index (χ2v) is 3.44. The smallest absolute Gasteiger partial charge is 0.262 e.